The maximum absolute atomic E-state index is 9.28. The number of carboxylic acid groups (broad SMARTS) is 2. The summed E-state index contributed by atoms with van der Waals surface area (Å²) >= 11 is 0. The summed E-state index contributed by atoms with van der Waals surface area (Å²) in [6.07, 6.45) is -1.03. The van der Waals surface area contributed by atoms with Crippen LogP contribution in [0.5, 0.6) is 0 Å². The van der Waals surface area contributed by atoms with E-state index in [-0.39, 0.29) is 48.7 Å². The maximum Gasteiger partial charge on any atom is 2.00 e. The van der Waals surface area contributed by atoms with Crippen LogP contribution >= 0.6 is 0 Å². The Morgan fingerprint density at radius 1 is 1.00 bits per heavy atom. The van der Waals surface area contributed by atoms with Crippen LogP contribution in [0.25, 0.3) is 0 Å². The van der Waals surface area contributed by atoms with E-state index in [2.05, 4.69) is 0 Å². The molecule has 0 unspecified atom stereocenters. The van der Waals surface area contributed by atoms with Crippen molar-refractivity contribution in [3.05, 3.63) is 0 Å². The molecule has 0 aromatic carbocycles. The Kier molecular flexibility index (Phi) is 26.7. The van der Waals surface area contributed by atoms with Crippen molar-refractivity contribution in [3.8, 4) is 0 Å². The van der Waals surface area contributed by atoms with Crippen LogP contribution in [0.15, 0.2) is 0 Å². The first-order valence-corrected chi connectivity index (χ1v) is 1.52. The summed E-state index contributed by atoms with van der Waals surface area (Å²) in [5.74, 6) is -3.25. The number of aliphatic carboxylic acids is 2. The molecule has 0 bridgehead atoms. The van der Waals surface area contributed by atoms with Gasteiger partial charge in [0.25, 0.3) is 0 Å². The monoisotopic (exact) mass is 178 g/mol. The molecular weight excluding hydrogens is 172 g/mol. The average Bonchev–Trinajstić information content (AvgIpc) is 1.27. The fourth-order valence-electron chi connectivity index (χ4n) is 0.118. The largest absolute Gasteiger partial charge is 2.00 e. The number of hydrogen-bond acceptors (Lipinski definition) is 4. The van der Waals surface area contributed by atoms with Crippen molar-refractivity contribution in [2.24, 2.45) is 0 Å². The van der Waals surface area contributed by atoms with Gasteiger partial charge < -0.3 is 30.8 Å². The summed E-state index contributed by atoms with van der Waals surface area (Å²) in [5, 5.41) is 18.6. The molecule has 0 amide bonds. The van der Waals surface area contributed by atoms with Crippen molar-refractivity contribution in [1.82, 2.24) is 0 Å². The van der Waals surface area contributed by atoms with Gasteiger partial charge in [0.15, 0.2) is 0 Å². The van der Waals surface area contributed by atoms with E-state index in [9.17, 15) is 19.8 Å². The number of carbonyl (C=O) groups excluding carboxylic acids is 2. The summed E-state index contributed by atoms with van der Waals surface area (Å²) < 4.78 is 0. The van der Waals surface area contributed by atoms with Crippen molar-refractivity contribution >= 4 is 49.7 Å². The second-order valence-electron chi connectivity index (χ2n) is 0.921. The second kappa shape index (κ2) is 11.9. The molecule has 6 nitrogen and oxygen atoms in total. The minimum absolute atomic E-state index is 0. The Morgan fingerprint density at radius 3 is 1.20 bits per heavy atom. The summed E-state index contributed by atoms with van der Waals surface area (Å²) in [7, 11) is 0. The Labute approximate surface area is 86.5 Å². The predicted octanol–water partition coefficient (Wildman–Crippen LogP) is -5.15. The van der Waals surface area contributed by atoms with Crippen molar-refractivity contribution in [1.29, 1.82) is 0 Å². The standard InChI is InChI=1S/C3H4O4.Ca.2H2O/c4-2(5)1-3(6)7;;;/h1H2,(H,4,5)(H,6,7);;2*1H2/q;+2;;/p-2. The Morgan fingerprint density at radius 2 is 1.20 bits per heavy atom. The third-order valence-electron chi connectivity index (χ3n) is 0.289. The van der Waals surface area contributed by atoms with Crippen LogP contribution in [0.3, 0.4) is 0 Å². The fourth-order valence-corrected chi connectivity index (χ4v) is 0.118. The SMILES string of the molecule is O.O.O=C([O-])CC(=O)[O-].[Ca+2]. The van der Waals surface area contributed by atoms with Gasteiger partial charge in [0.05, 0.1) is 0 Å². The summed E-state index contributed by atoms with van der Waals surface area (Å²) in [6, 6.07) is 0. The molecular formula is C3H6CaO6. The molecule has 56 valence electrons. The first-order valence-electron chi connectivity index (χ1n) is 1.52. The minimum Gasteiger partial charge on any atom is -0.550 e. The van der Waals surface area contributed by atoms with E-state index in [1.165, 1.54) is 0 Å². The molecule has 0 aliphatic heterocycles. The maximum atomic E-state index is 9.28. The molecule has 0 rings (SSSR count). The Balaban J connectivity index is -0.0000000600. The quantitative estimate of drug-likeness (QED) is 0.307. The van der Waals surface area contributed by atoms with E-state index in [1.54, 1.807) is 0 Å². The molecule has 7 heteroatoms. The van der Waals surface area contributed by atoms with Gasteiger partial charge in [0, 0.05) is 18.4 Å². The predicted molar refractivity (Wildman–Crippen MR) is 27.6 cm³/mol. The van der Waals surface area contributed by atoms with Crippen molar-refractivity contribution in [2.75, 3.05) is 0 Å². The first-order chi connectivity index (χ1) is 3.13. The Hall–Kier alpha value is 0.120. The molecule has 0 aliphatic rings. The summed E-state index contributed by atoms with van der Waals surface area (Å²) in [4.78, 5) is 18.6. The zero-order valence-corrected chi connectivity index (χ0v) is 7.26. The van der Waals surface area contributed by atoms with Gasteiger partial charge in [0.1, 0.15) is 0 Å². The van der Waals surface area contributed by atoms with Gasteiger partial charge in [-0.3, -0.25) is 0 Å². The number of carbonyl (C=O) groups is 2. The Bertz CT molecular complexity index is 89.2. The molecule has 0 aliphatic carbocycles. The van der Waals surface area contributed by atoms with E-state index >= 15 is 0 Å². The normalized spacial score (nSPS) is 5.60. The smallest absolute Gasteiger partial charge is 0.550 e. The third kappa shape index (κ3) is 24.3. The molecule has 0 aromatic heterocycles. The van der Waals surface area contributed by atoms with Gasteiger partial charge in [-0.25, -0.2) is 0 Å². The van der Waals surface area contributed by atoms with Crippen molar-refractivity contribution in [3.63, 3.8) is 0 Å². The molecule has 0 aromatic rings. The number of rotatable bonds is 2. The third-order valence-corrected chi connectivity index (χ3v) is 0.289. The van der Waals surface area contributed by atoms with Crippen molar-refractivity contribution in [2.45, 2.75) is 6.42 Å². The van der Waals surface area contributed by atoms with Gasteiger partial charge >= 0.3 is 37.7 Å². The fraction of sp³-hybridized carbons (Fsp3) is 0.333. The van der Waals surface area contributed by atoms with Crippen LogP contribution in [0, 0.1) is 0 Å². The second-order valence-corrected chi connectivity index (χ2v) is 0.921. The van der Waals surface area contributed by atoms with Crippen LogP contribution in [0.1, 0.15) is 6.42 Å². The van der Waals surface area contributed by atoms with Crippen molar-refractivity contribution < 1.29 is 30.8 Å². The van der Waals surface area contributed by atoms with Gasteiger partial charge in [0.2, 0.25) is 0 Å². The zero-order valence-electron chi connectivity index (χ0n) is 5.05. The van der Waals surface area contributed by atoms with E-state index in [1.807, 2.05) is 0 Å². The average molecular weight is 178 g/mol. The van der Waals surface area contributed by atoms with E-state index in [0.29, 0.717) is 0 Å². The first kappa shape index (κ1) is 22.5. The van der Waals surface area contributed by atoms with Gasteiger partial charge in [-0.1, -0.05) is 0 Å². The molecule has 0 radical (unpaired) electrons. The van der Waals surface area contributed by atoms with E-state index in [4.69, 9.17) is 0 Å². The van der Waals surface area contributed by atoms with Gasteiger partial charge in [-0.2, -0.15) is 0 Å². The van der Waals surface area contributed by atoms with Crippen LogP contribution in [-0.4, -0.2) is 60.6 Å². The van der Waals surface area contributed by atoms with Gasteiger partial charge in [-0.15, -0.1) is 0 Å². The summed E-state index contributed by atoms with van der Waals surface area (Å²) in [6.45, 7) is 0. The van der Waals surface area contributed by atoms with Crippen LogP contribution in [-0.2, 0) is 9.59 Å². The molecule has 0 fully saturated rings. The van der Waals surface area contributed by atoms with E-state index < -0.39 is 18.4 Å². The van der Waals surface area contributed by atoms with E-state index in [0.717, 1.165) is 0 Å². The topological polar surface area (TPSA) is 143 Å². The molecule has 0 saturated carbocycles. The molecule has 10 heavy (non-hydrogen) atoms. The summed E-state index contributed by atoms with van der Waals surface area (Å²) in [5.41, 5.74) is 0. The van der Waals surface area contributed by atoms with Crippen LogP contribution < -0.4 is 10.2 Å². The molecule has 0 saturated heterocycles. The number of carboxylic acids is 2. The van der Waals surface area contributed by atoms with Crippen LogP contribution in [0.2, 0.25) is 0 Å². The number of hydrogen-bond donors (Lipinski definition) is 0. The minimum atomic E-state index is -1.63. The molecule has 0 atom stereocenters. The van der Waals surface area contributed by atoms with Gasteiger partial charge in [-0.05, 0) is 0 Å². The molecule has 0 heterocycles. The molecule has 4 N–H and O–H groups in total. The molecule has 0 spiro atoms. The van der Waals surface area contributed by atoms with Crippen LogP contribution in [0.4, 0.5) is 0 Å². The zero-order chi connectivity index (χ0) is 5.86.